The summed E-state index contributed by atoms with van der Waals surface area (Å²) in [4.78, 5) is 23.0. The van der Waals surface area contributed by atoms with Crippen LogP contribution >= 0.6 is 0 Å². The van der Waals surface area contributed by atoms with Crippen LogP contribution in [0, 0.1) is 28.6 Å². The highest BCUT2D eigenvalue weighted by atomic mass is 16.5. The van der Waals surface area contributed by atoms with E-state index in [1.807, 2.05) is 0 Å². The number of amides is 1. The van der Waals surface area contributed by atoms with E-state index in [0.717, 1.165) is 38.0 Å². The average molecular weight is 400 g/mol. The van der Waals surface area contributed by atoms with Gasteiger partial charge in [0.1, 0.15) is 6.10 Å². The van der Waals surface area contributed by atoms with Gasteiger partial charge in [0.25, 0.3) is 0 Å². The molecule has 2 fully saturated rings. The topological polar surface area (TPSA) is 55.4 Å². The predicted octanol–water partition coefficient (Wildman–Crippen LogP) is 4.94. The number of ether oxygens (including phenoxy) is 1. The molecule has 0 heterocycles. The van der Waals surface area contributed by atoms with Crippen LogP contribution in [-0.4, -0.2) is 24.0 Å². The Morgan fingerprint density at radius 2 is 1.79 bits per heavy atom. The van der Waals surface area contributed by atoms with Crippen molar-refractivity contribution in [3.63, 3.8) is 0 Å². The van der Waals surface area contributed by atoms with Gasteiger partial charge in [0.05, 0.1) is 0 Å². The van der Waals surface area contributed by atoms with Crippen molar-refractivity contribution in [1.29, 1.82) is 0 Å². The lowest BCUT2D eigenvalue weighted by Crippen LogP contribution is -2.51. The van der Waals surface area contributed by atoms with Crippen LogP contribution < -0.4 is 5.32 Å². The lowest BCUT2D eigenvalue weighted by atomic mass is 9.47. The van der Waals surface area contributed by atoms with Crippen LogP contribution in [0.15, 0.2) is 23.3 Å². The Balaban J connectivity index is 1.55. The van der Waals surface area contributed by atoms with Gasteiger partial charge >= 0.3 is 5.97 Å². The first-order valence-electron chi connectivity index (χ1n) is 11.5. The zero-order chi connectivity index (χ0) is 21.0. The molecule has 0 aromatic carbocycles. The number of fused-ring (bicyclic) bond motifs is 5. The molecular weight excluding hydrogens is 362 g/mol. The summed E-state index contributed by atoms with van der Waals surface area (Å²) >= 11 is 0. The van der Waals surface area contributed by atoms with Crippen LogP contribution in [0.2, 0.25) is 0 Å². The highest BCUT2D eigenvalue weighted by Gasteiger charge is 2.57. The molecular formula is C25H37NO3. The standard InChI is InChI=1S/C25H37NO3/c1-15(26-16(2)27)21-8-9-22-20-7-6-18-14-19(29-17(3)28)10-12-24(18,4)23(20)11-13-25(21,22)5/h6,8,15,19-20,22-23H,7,9-14H2,1-5H3,(H,26,27)/t15-,19-,20-,22-,23-,24-,25+/m0/s1. The van der Waals surface area contributed by atoms with E-state index in [1.54, 1.807) is 6.92 Å². The summed E-state index contributed by atoms with van der Waals surface area (Å²) in [5, 5.41) is 3.13. The molecule has 4 nitrogen and oxygen atoms in total. The van der Waals surface area contributed by atoms with Gasteiger partial charge in [-0.15, -0.1) is 0 Å². The van der Waals surface area contributed by atoms with E-state index in [0.29, 0.717) is 11.8 Å². The van der Waals surface area contributed by atoms with Gasteiger partial charge in [-0.05, 0) is 79.6 Å². The molecule has 1 amide bonds. The van der Waals surface area contributed by atoms with Gasteiger partial charge in [-0.1, -0.05) is 31.6 Å². The SMILES string of the molecule is CC(=O)N[C@@H](C)C1=CC[C@H]2[C@@H]3CC=C4C[C@@H](OC(C)=O)CC[C@]4(C)[C@H]3CC[C@]12C. The van der Waals surface area contributed by atoms with Gasteiger partial charge in [-0.25, -0.2) is 0 Å². The van der Waals surface area contributed by atoms with Crippen molar-refractivity contribution in [2.45, 2.75) is 91.7 Å². The van der Waals surface area contributed by atoms with Gasteiger partial charge < -0.3 is 10.1 Å². The molecule has 4 aliphatic rings. The monoisotopic (exact) mass is 399 g/mol. The van der Waals surface area contributed by atoms with Crippen molar-refractivity contribution in [2.24, 2.45) is 28.6 Å². The second-order valence-corrected chi connectivity index (χ2v) is 10.5. The number of carbonyl (C=O) groups excluding carboxylic acids is 2. The molecule has 0 aliphatic heterocycles. The third-order valence-electron chi connectivity index (χ3n) is 8.92. The maximum absolute atomic E-state index is 11.6. The lowest BCUT2D eigenvalue weighted by molar-refractivity contribution is -0.148. The van der Waals surface area contributed by atoms with Crippen LogP contribution in [0.1, 0.15) is 79.6 Å². The number of rotatable bonds is 3. The molecule has 0 bridgehead atoms. The third-order valence-corrected chi connectivity index (χ3v) is 8.92. The Bertz CT molecular complexity index is 768. The summed E-state index contributed by atoms with van der Waals surface area (Å²) in [5.74, 6) is 2.02. The number of esters is 1. The van der Waals surface area contributed by atoms with E-state index in [9.17, 15) is 9.59 Å². The fourth-order valence-corrected chi connectivity index (χ4v) is 7.62. The van der Waals surface area contributed by atoms with E-state index in [2.05, 4.69) is 38.2 Å². The van der Waals surface area contributed by atoms with E-state index in [-0.39, 0.29) is 34.9 Å². The minimum Gasteiger partial charge on any atom is -0.462 e. The number of nitrogens with one attached hydrogen (secondary N) is 1. The van der Waals surface area contributed by atoms with Gasteiger partial charge in [-0.2, -0.15) is 0 Å². The van der Waals surface area contributed by atoms with Crippen molar-refractivity contribution in [3.8, 4) is 0 Å². The molecule has 0 aromatic rings. The van der Waals surface area contributed by atoms with Gasteiger partial charge in [0.15, 0.2) is 0 Å². The molecule has 0 spiro atoms. The molecule has 29 heavy (non-hydrogen) atoms. The Labute approximate surface area is 175 Å². The van der Waals surface area contributed by atoms with Crippen molar-refractivity contribution in [3.05, 3.63) is 23.3 Å². The molecule has 160 valence electrons. The summed E-state index contributed by atoms with van der Waals surface area (Å²) in [5.41, 5.74) is 3.46. The van der Waals surface area contributed by atoms with Crippen LogP contribution in [-0.2, 0) is 14.3 Å². The Kier molecular flexibility index (Phi) is 5.19. The van der Waals surface area contributed by atoms with Gasteiger partial charge in [0, 0.05) is 26.3 Å². The summed E-state index contributed by atoms with van der Waals surface area (Å²) in [7, 11) is 0. The molecule has 7 atom stereocenters. The molecule has 2 saturated carbocycles. The Morgan fingerprint density at radius 3 is 2.48 bits per heavy atom. The molecule has 0 saturated heterocycles. The quantitative estimate of drug-likeness (QED) is 0.540. The maximum Gasteiger partial charge on any atom is 0.302 e. The summed E-state index contributed by atoms with van der Waals surface area (Å²) in [6.45, 7) is 10.2. The number of carbonyl (C=O) groups is 2. The second-order valence-electron chi connectivity index (χ2n) is 10.5. The molecule has 0 radical (unpaired) electrons. The molecule has 0 aromatic heterocycles. The zero-order valence-electron chi connectivity index (χ0n) is 18.7. The highest BCUT2D eigenvalue weighted by molar-refractivity contribution is 5.73. The van der Waals surface area contributed by atoms with Crippen molar-refractivity contribution in [2.75, 3.05) is 0 Å². The molecule has 1 N–H and O–H groups in total. The minimum absolute atomic E-state index is 0.0569. The largest absolute Gasteiger partial charge is 0.462 e. The Hall–Kier alpha value is -1.58. The number of hydrogen-bond acceptors (Lipinski definition) is 3. The number of hydrogen-bond donors (Lipinski definition) is 1. The molecule has 4 heteroatoms. The summed E-state index contributed by atoms with van der Waals surface area (Å²) in [6, 6.07) is 0.128. The smallest absolute Gasteiger partial charge is 0.302 e. The second kappa shape index (κ2) is 7.28. The maximum atomic E-state index is 11.6. The third kappa shape index (κ3) is 3.37. The summed E-state index contributed by atoms with van der Waals surface area (Å²) < 4.78 is 5.56. The molecule has 4 aliphatic carbocycles. The zero-order valence-corrected chi connectivity index (χ0v) is 18.7. The van der Waals surface area contributed by atoms with Crippen molar-refractivity contribution in [1.82, 2.24) is 5.32 Å². The summed E-state index contributed by atoms with van der Waals surface area (Å²) in [6.07, 6.45) is 12.8. The lowest BCUT2D eigenvalue weighted by Gasteiger charge is -2.58. The average Bonchev–Trinajstić information content (AvgIpc) is 2.98. The van der Waals surface area contributed by atoms with Crippen LogP contribution in [0.3, 0.4) is 0 Å². The number of allylic oxidation sites excluding steroid dienone is 2. The van der Waals surface area contributed by atoms with Crippen molar-refractivity contribution >= 4 is 11.9 Å². The van der Waals surface area contributed by atoms with Crippen molar-refractivity contribution < 1.29 is 14.3 Å². The Morgan fingerprint density at radius 1 is 1.07 bits per heavy atom. The minimum atomic E-state index is -0.154. The fraction of sp³-hybridized carbons (Fsp3) is 0.760. The first-order valence-corrected chi connectivity index (χ1v) is 11.5. The van der Waals surface area contributed by atoms with Crippen LogP contribution in [0.4, 0.5) is 0 Å². The predicted molar refractivity (Wildman–Crippen MR) is 114 cm³/mol. The highest BCUT2D eigenvalue weighted by Crippen LogP contribution is 2.65. The fourth-order valence-electron chi connectivity index (χ4n) is 7.62. The molecule has 4 rings (SSSR count). The van der Waals surface area contributed by atoms with Gasteiger partial charge in [-0.3, -0.25) is 9.59 Å². The first-order chi connectivity index (χ1) is 13.6. The first kappa shape index (κ1) is 20.7. The van der Waals surface area contributed by atoms with E-state index in [4.69, 9.17) is 4.74 Å². The van der Waals surface area contributed by atoms with E-state index in [1.165, 1.54) is 30.9 Å². The van der Waals surface area contributed by atoms with E-state index >= 15 is 0 Å². The van der Waals surface area contributed by atoms with Gasteiger partial charge in [0.2, 0.25) is 5.91 Å². The molecule has 0 unspecified atom stereocenters. The van der Waals surface area contributed by atoms with E-state index < -0.39 is 0 Å². The van der Waals surface area contributed by atoms with Crippen LogP contribution in [0.5, 0.6) is 0 Å². The van der Waals surface area contributed by atoms with Crippen LogP contribution in [0.25, 0.3) is 0 Å². The normalized spacial score (nSPS) is 41.8.